The molecular weight excluding hydrogens is 721 g/mol. The molecule has 0 saturated heterocycles. The molecule has 344 valence electrons. The van der Waals surface area contributed by atoms with Crippen LogP contribution >= 0.6 is 0 Å². The van der Waals surface area contributed by atoms with Crippen molar-refractivity contribution in [2.45, 2.75) is 291 Å². The Morgan fingerprint density at radius 3 is 0.845 bits per heavy atom. The van der Waals surface area contributed by atoms with E-state index in [1.54, 1.807) is 0 Å². The minimum Gasteiger partial charge on any atom is -0.462 e. The number of ether oxygens (including phenoxy) is 3. The first kappa shape index (κ1) is 56.4. The minimum absolute atomic E-state index is 0.0646. The summed E-state index contributed by atoms with van der Waals surface area (Å²) in [4.78, 5) is 37.8. The highest BCUT2D eigenvalue weighted by molar-refractivity contribution is 5.71. The summed E-state index contributed by atoms with van der Waals surface area (Å²) in [6, 6.07) is 0. The minimum atomic E-state index is -0.761. The molecule has 0 rings (SSSR count). The molecule has 1 atom stereocenters. The summed E-state index contributed by atoms with van der Waals surface area (Å²) in [7, 11) is 0. The maximum Gasteiger partial charge on any atom is 0.306 e. The molecule has 58 heavy (non-hydrogen) atoms. The SMILES string of the molecule is CCCCCCCCCCCC(=O)OC[C@H](COC(=O)CCCCCCCCCC(C)C)OC(=O)CCCCCCCCCCCCCCCCCCCCC(C)C. The van der Waals surface area contributed by atoms with Gasteiger partial charge in [-0.15, -0.1) is 0 Å². The van der Waals surface area contributed by atoms with E-state index in [-0.39, 0.29) is 31.1 Å². The van der Waals surface area contributed by atoms with Crippen LogP contribution in [0.3, 0.4) is 0 Å². The van der Waals surface area contributed by atoms with E-state index < -0.39 is 6.10 Å². The van der Waals surface area contributed by atoms with Gasteiger partial charge in [0.2, 0.25) is 0 Å². The number of carbonyl (C=O) groups is 3. The van der Waals surface area contributed by atoms with E-state index in [4.69, 9.17) is 14.2 Å². The third kappa shape index (κ3) is 45.5. The topological polar surface area (TPSA) is 78.9 Å². The Kier molecular flexibility index (Phi) is 43.7. The Bertz CT molecular complexity index is 885. The largest absolute Gasteiger partial charge is 0.462 e. The van der Waals surface area contributed by atoms with Crippen LogP contribution in [0.5, 0.6) is 0 Å². The number of unbranched alkanes of at least 4 members (excludes halogenated alkanes) is 31. The van der Waals surface area contributed by atoms with Crippen molar-refractivity contribution in [3.8, 4) is 0 Å². The summed E-state index contributed by atoms with van der Waals surface area (Å²) in [5, 5.41) is 0. The fourth-order valence-corrected chi connectivity index (χ4v) is 7.81. The molecule has 0 unspecified atom stereocenters. The molecule has 0 aromatic carbocycles. The zero-order valence-electron chi connectivity index (χ0n) is 39.7. The summed E-state index contributed by atoms with van der Waals surface area (Å²) in [6.07, 6.45) is 45.4. The van der Waals surface area contributed by atoms with Gasteiger partial charge in [0.15, 0.2) is 6.10 Å². The van der Waals surface area contributed by atoms with Gasteiger partial charge in [0.1, 0.15) is 13.2 Å². The third-order valence-corrected chi connectivity index (χ3v) is 11.7. The first-order chi connectivity index (χ1) is 28.2. The summed E-state index contributed by atoms with van der Waals surface area (Å²) in [5.41, 5.74) is 0. The molecule has 0 N–H and O–H groups in total. The molecule has 0 aliphatic carbocycles. The smallest absolute Gasteiger partial charge is 0.306 e. The van der Waals surface area contributed by atoms with Crippen molar-refractivity contribution in [3.05, 3.63) is 0 Å². The van der Waals surface area contributed by atoms with Crippen LogP contribution in [0.4, 0.5) is 0 Å². The molecule has 0 radical (unpaired) electrons. The average Bonchev–Trinajstić information content (AvgIpc) is 3.19. The van der Waals surface area contributed by atoms with Crippen LogP contribution in [-0.2, 0) is 28.6 Å². The number of hydrogen-bond donors (Lipinski definition) is 0. The monoisotopic (exact) mass is 821 g/mol. The van der Waals surface area contributed by atoms with Crippen molar-refractivity contribution in [1.29, 1.82) is 0 Å². The van der Waals surface area contributed by atoms with Crippen molar-refractivity contribution in [2.75, 3.05) is 13.2 Å². The molecule has 6 heteroatoms. The van der Waals surface area contributed by atoms with Crippen LogP contribution in [0.15, 0.2) is 0 Å². The Balaban J connectivity index is 4.18. The van der Waals surface area contributed by atoms with Gasteiger partial charge >= 0.3 is 17.9 Å². The van der Waals surface area contributed by atoms with E-state index in [0.29, 0.717) is 19.3 Å². The van der Waals surface area contributed by atoms with Crippen molar-refractivity contribution >= 4 is 17.9 Å². The van der Waals surface area contributed by atoms with E-state index in [1.165, 1.54) is 173 Å². The zero-order valence-corrected chi connectivity index (χ0v) is 39.7. The van der Waals surface area contributed by atoms with Gasteiger partial charge in [-0.3, -0.25) is 14.4 Å². The molecule has 0 aromatic rings. The van der Waals surface area contributed by atoms with Crippen molar-refractivity contribution in [2.24, 2.45) is 11.8 Å². The lowest BCUT2D eigenvalue weighted by Crippen LogP contribution is -2.30. The van der Waals surface area contributed by atoms with E-state index >= 15 is 0 Å². The first-order valence-corrected chi connectivity index (χ1v) is 25.7. The predicted octanol–water partition coefficient (Wildman–Crippen LogP) is 16.5. The summed E-state index contributed by atoms with van der Waals surface area (Å²) < 4.78 is 16.7. The number of carbonyl (C=O) groups excluding carboxylic acids is 3. The molecular formula is C52H100O6. The standard InChI is InChI=1S/C52H100O6/c1-6-7-8-9-10-21-27-32-37-42-50(53)56-45-49(46-57-51(54)43-38-33-29-24-26-31-36-41-48(4)5)58-52(55)44-39-34-28-23-20-18-16-14-12-11-13-15-17-19-22-25-30-35-40-47(2)3/h47-49H,6-46H2,1-5H3/t49-/m1/s1. The van der Waals surface area contributed by atoms with E-state index in [0.717, 1.165) is 69.6 Å². The van der Waals surface area contributed by atoms with Crippen LogP contribution in [0.2, 0.25) is 0 Å². The predicted molar refractivity (Wildman–Crippen MR) is 247 cm³/mol. The van der Waals surface area contributed by atoms with E-state index in [2.05, 4.69) is 34.6 Å². The number of esters is 3. The van der Waals surface area contributed by atoms with Crippen LogP contribution in [0.1, 0.15) is 285 Å². The van der Waals surface area contributed by atoms with Crippen molar-refractivity contribution < 1.29 is 28.6 Å². The average molecular weight is 821 g/mol. The maximum absolute atomic E-state index is 12.8. The molecule has 0 aliphatic heterocycles. The molecule has 0 saturated carbocycles. The van der Waals surface area contributed by atoms with Gasteiger partial charge in [0.05, 0.1) is 0 Å². The molecule has 0 aliphatic rings. The summed E-state index contributed by atoms with van der Waals surface area (Å²) >= 11 is 0. The number of rotatable bonds is 46. The Morgan fingerprint density at radius 2 is 0.569 bits per heavy atom. The maximum atomic E-state index is 12.8. The van der Waals surface area contributed by atoms with Gasteiger partial charge < -0.3 is 14.2 Å². The highest BCUT2D eigenvalue weighted by atomic mass is 16.6. The van der Waals surface area contributed by atoms with Crippen molar-refractivity contribution in [3.63, 3.8) is 0 Å². The molecule has 0 bridgehead atoms. The third-order valence-electron chi connectivity index (χ3n) is 11.7. The highest BCUT2D eigenvalue weighted by Crippen LogP contribution is 2.17. The lowest BCUT2D eigenvalue weighted by molar-refractivity contribution is -0.167. The van der Waals surface area contributed by atoms with Crippen molar-refractivity contribution in [1.82, 2.24) is 0 Å². The second-order valence-electron chi connectivity index (χ2n) is 18.8. The van der Waals surface area contributed by atoms with Crippen LogP contribution in [-0.4, -0.2) is 37.2 Å². The molecule has 0 aromatic heterocycles. The van der Waals surface area contributed by atoms with Gasteiger partial charge in [-0.2, -0.15) is 0 Å². The fraction of sp³-hybridized carbons (Fsp3) is 0.942. The molecule has 0 fully saturated rings. The first-order valence-electron chi connectivity index (χ1n) is 25.7. The molecule has 0 spiro atoms. The van der Waals surface area contributed by atoms with E-state index in [9.17, 15) is 14.4 Å². The zero-order chi connectivity index (χ0) is 42.6. The van der Waals surface area contributed by atoms with Gasteiger partial charge in [0, 0.05) is 19.3 Å². The summed E-state index contributed by atoms with van der Waals surface area (Å²) in [6.45, 7) is 11.3. The van der Waals surface area contributed by atoms with Crippen LogP contribution in [0, 0.1) is 11.8 Å². The van der Waals surface area contributed by atoms with Gasteiger partial charge in [0.25, 0.3) is 0 Å². The Labute approximate surface area is 361 Å². The number of hydrogen-bond acceptors (Lipinski definition) is 6. The molecule has 0 amide bonds. The summed E-state index contributed by atoms with van der Waals surface area (Å²) in [5.74, 6) is 0.785. The normalized spacial score (nSPS) is 12.1. The lowest BCUT2D eigenvalue weighted by Gasteiger charge is -2.18. The Morgan fingerprint density at radius 1 is 0.328 bits per heavy atom. The van der Waals surface area contributed by atoms with Crippen LogP contribution < -0.4 is 0 Å². The lowest BCUT2D eigenvalue weighted by atomic mass is 10.0. The molecule has 0 heterocycles. The Hall–Kier alpha value is -1.59. The second kappa shape index (κ2) is 44.9. The van der Waals surface area contributed by atoms with Gasteiger partial charge in [-0.1, -0.05) is 247 Å². The quantitative estimate of drug-likeness (QED) is 0.0346. The van der Waals surface area contributed by atoms with Crippen LogP contribution in [0.25, 0.3) is 0 Å². The highest BCUT2D eigenvalue weighted by Gasteiger charge is 2.19. The van der Waals surface area contributed by atoms with Gasteiger partial charge in [-0.05, 0) is 31.1 Å². The second-order valence-corrected chi connectivity index (χ2v) is 18.8. The van der Waals surface area contributed by atoms with E-state index in [1.807, 2.05) is 0 Å². The fourth-order valence-electron chi connectivity index (χ4n) is 7.81. The molecule has 6 nitrogen and oxygen atoms in total. The van der Waals surface area contributed by atoms with Gasteiger partial charge in [-0.25, -0.2) is 0 Å².